The Kier molecular flexibility index (Phi) is 5.81. The van der Waals surface area contributed by atoms with Crippen LogP contribution in [0.1, 0.15) is 62.3 Å². The molecule has 4 nitrogen and oxygen atoms in total. The molecule has 110 valence electrons. The number of ether oxygens (including phenoxy) is 3. The van der Waals surface area contributed by atoms with E-state index in [2.05, 4.69) is 0 Å². The van der Waals surface area contributed by atoms with Crippen molar-refractivity contribution in [3.05, 3.63) is 0 Å². The summed E-state index contributed by atoms with van der Waals surface area (Å²) in [6, 6.07) is 0. The molecule has 0 spiro atoms. The molecule has 0 saturated carbocycles. The van der Waals surface area contributed by atoms with Crippen LogP contribution in [0, 0.1) is 0 Å². The van der Waals surface area contributed by atoms with Gasteiger partial charge < -0.3 is 19.3 Å². The van der Waals surface area contributed by atoms with E-state index >= 15 is 0 Å². The van der Waals surface area contributed by atoms with Gasteiger partial charge in [-0.2, -0.15) is 0 Å². The smallest absolute Gasteiger partial charge is 0.210 e. The first-order valence-corrected chi connectivity index (χ1v) is 6.41. The monoisotopic (exact) mass is 262 g/mol. The van der Waals surface area contributed by atoms with Gasteiger partial charge in [0.1, 0.15) is 0 Å². The summed E-state index contributed by atoms with van der Waals surface area (Å²) in [6.45, 7) is 17.1. The lowest BCUT2D eigenvalue weighted by molar-refractivity contribution is -0.333. The van der Waals surface area contributed by atoms with Crippen LogP contribution in [0.25, 0.3) is 0 Å². The number of aliphatic hydroxyl groups is 1. The van der Waals surface area contributed by atoms with Gasteiger partial charge in [-0.3, -0.25) is 0 Å². The lowest BCUT2D eigenvalue weighted by atomic mass is 10.1. The van der Waals surface area contributed by atoms with Gasteiger partial charge in [-0.15, -0.1) is 0 Å². The Morgan fingerprint density at radius 2 is 0.889 bits per heavy atom. The summed E-state index contributed by atoms with van der Waals surface area (Å²) in [6.07, 6.45) is -1.94. The van der Waals surface area contributed by atoms with Crippen LogP contribution in [0.15, 0.2) is 0 Å². The lowest BCUT2D eigenvalue weighted by Gasteiger charge is -2.36. The zero-order chi connectivity index (χ0) is 14.8. The van der Waals surface area contributed by atoms with Crippen molar-refractivity contribution >= 4 is 0 Å². The quantitative estimate of drug-likeness (QED) is 0.791. The van der Waals surface area contributed by atoms with E-state index in [9.17, 15) is 5.11 Å². The Labute approximate surface area is 112 Å². The molecular formula is C14H30O4. The second-order valence-electron chi connectivity index (χ2n) is 7.45. The normalized spacial score (nSPS) is 16.2. The summed E-state index contributed by atoms with van der Waals surface area (Å²) >= 11 is 0. The van der Waals surface area contributed by atoms with Crippen LogP contribution in [0.5, 0.6) is 0 Å². The summed E-state index contributed by atoms with van der Waals surface area (Å²) in [5.41, 5.74) is -1.30. The van der Waals surface area contributed by atoms with E-state index < -0.39 is 29.4 Å². The highest BCUT2D eigenvalue weighted by atomic mass is 16.7. The molecule has 0 saturated heterocycles. The highest BCUT2D eigenvalue weighted by Gasteiger charge is 2.33. The average Bonchev–Trinajstić information content (AvgIpc) is 1.93. The average molecular weight is 262 g/mol. The van der Waals surface area contributed by atoms with Crippen LogP contribution in [-0.4, -0.2) is 34.5 Å². The molecule has 0 aromatic heterocycles. The van der Waals surface area contributed by atoms with Crippen molar-refractivity contribution in [2.45, 2.75) is 91.7 Å². The van der Waals surface area contributed by atoms with Gasteiger partial charge in [0.15, 0.2) is 0 Å². The molecule has 0 fully saturated rings. The molecule has 0 bridgehead atoms. The fourth-order valence-electron chi connectivity index (χ4n) is 1.26. The van der Waals surface area contributed by atoms with Crippen LogP contribution in [0.3, 0.4) is 0 Å². The van der Waals surface area contributed by atoms with E-state index in [1.54, 1.807) is 0 Å². The maximum Gasteiger partial charge on any atom is 0.210 e. The second-order valence-corrected chi connectivity index (χ2v) is 7.45. The standard InChI is InChI=1S/C14H30O4/c1-12(2,3)16-10(15)11(17-13(4,5)6)18-14(7,8)9/h10-11,15H,1-9H3. The molecule has 0 radical (unpaired) electrons. The first-order valence-electron chi connectivity index (χ1n) is 6.41. The summed E-state index contributed by atoms with van der Waals surface area (Å²) in [5.74, 6) is 0. The Balaban J connectivity index is 4.75. The van der Waals surface area contributed by atoms with Gasteiger partial charge in [-0.05, 0) is 62.3 Å². The van der Waals surface area contributed by atoms with Crippen LogP contribution >= 0.6 is 0 Å². The summed E-state index contributed by atoms with van der Waals surface area (Å²) in [5, 5.41) is 10.1. The number of rotatable bonds is 4. The fourth-order valence-corrected chi connectivity index (χ4v) is 1.26. The Bertz CT molecular complexity index is 226. The third-order valence-electron chi connectivity index (χ3n) is 1.65. The third kappa shape index (κ3) is 9.83. The van der Waals surface area contributed by atoms with Gasteiger partial charge in [0, 0.05) is 0 Å². The van der Waals surface area contributed by atoms with Gasteiger partial charge in [-0.25, -0.2) is 0 Å². The maximum absolute atomic E-state index is 10.1. The molecule has 1 atom stereocenters. The number of hydrogen-bond donors (Lipinski definition) is 1. The van der Waals surface area contributed by atoms with E-state index in [0.717, 1.165) is 0 Å². The van der Waals surface area contributed by atoms with Crippen LogP contribution < -0.4 is 0 Å². The van der Waals surface area contributed by atoms with Crippen molar-refractivity contribution < 1.29 is 19.3 Å². The fraction of sp³-hybridized carbons (Fsp3) is 1.00. The molecule has 0 amide bonds. The van der Waals surface area contributed by atoms with Gasteiger partial charge in [0.2, 0.25) is 12.6 Å². The van der Waals surface area contributed by atoms with Crippen molar-refractivity contribution in [3.8, 4) is 0 Å². The molecule has 1 unspecified atom stereocenters. The molecule has 0 aliphatic carbocycles. The van der Waals surface area contributed by atoms with Crippen molar-refractivity contribution in [2.75, 3.05) is 0 Å². The zero-order valence-electron chi connectivity index (χ0n) is 13.3. The summed E-state index contributed by atoms with van der Waals surface area (Å²) in [4.78, 5) is 0. The number of hydrogen-bond acceptors (Lipinski definition) is 4. The highest BCUT2D eigenvalue weighted by molar-refractivity contribution is 4.69. The number of aliphatic hydroxyl groups excluding tert-OH is 1. The predicted octanol–water partition coefficient (Wildman–Crippen LogP) is 3.08. The summed E-state index contributed by atoms with van der Waals surface area (Å²) in [7, 11) is 0. The van der Waals surface area contributed by atoms with Crippen molar-refractivity contribution in [1.82, 2.24) is 0 Å². The highest BCUT2D eigenvalue weighted by Crippen LogP contribution is 2.23. The van der Waals surface area contributed by atoms with Gasteiger partial charge >= 0.3 is 0 Å². The SMILES string of the molecule is CC(C)(C)OC(O)C(OC(C)(C)C)OC(C)(C)C. The van der Waals surface area contributed by atoms with E-state index in [1.807, 2.05) is 62.3 Å². The second kappa shape index (κ2) is 5.87. The van der Waals surface area contributed by atoms with Crippen LogP contribution in [0.4, 0.5) is 0 Å². The van der Waals surface area contributed by atoms with E-state index in [0.29, 0.717) is 0 Å². The minimum absolute atomic E-state index is 0.419. The van der Waals surface area contributed by atoms with Crippen LogP contribution in [-0.2, 0) is 14.2 Å². The maximum atomic E-state index is 10.1. The first kappa shape index (κ1) is 17.8. The Morgan fingerprint density at radius 1 is 0.611 bits per heavy atom. The summed E-state index contributed by atoms with van der Waals surface area (Å²) < 4.78 is 16.9. The lowest BCUT2D eigenvalue weighted by Crippen LogP contribution is -2.46. The zero-order valence-corrected chi connectivity index (χ0v) is 13.3. The Hall–Kier alpha value is -0.160. The van der Waals surface area contributed by atoms with E-state index in [1.165, 1.54) is 0 Å². The molecule has 4 heteroatoms. The molecule has 0 aromatic carbocycles. The predicted molar refractivity (Wildman–Crippen MR) is 72.3 cm³/mol. The van der Waals surface area contributed by atoms with Crippen molar-refractivity contribution in [3.63, 3.8) is 0 Å². The van der Waals surface area contributed by atoms with Gasteiger partial charge in [0.25, 0.3) is 0 Å². The molecule has 0 aliphatic rings. The van der Waals surface area contributed by atoms with Gasteiger partial charge in [-0.1, -0.05) is 0 Å². The molecule has 0 heterocycles. The molecule has 0 aromatic rings. The molecule has 0 aliphatic heterocycles. The third-order valence-corrected chi connectivity index (χ3v) is 1.65. The topological polar surface area (TPSA) is 47.9 Å². The molecular weight excluding hydrogens is 232 g/mol. The Morgan fingerprint density at radius 3 is 1.11 bits per heavy atom. The largest absolute Gasteiger partial charge is 0.364 e. The molecule has 18 heavy (non-hydrogen) atoms. The van der Waals surface area contributed by atoms with Gasteiger partial charge in [0.05, 0.1) is 16.8 Å². The van der Waals surface area contributed by atoms with E-state index in [-0.39, 0.29) is 0 Å². The van der Waals surface area contributed by atoms with Crippen LogP contribution in [0.2, 0.25) is 0 Å². The minimum atomic E-state index is -1.12. The first-order chi connectivity index (χ1) is 7.70. The molecule has 1 N–H and O–H groups in total. The minimum Gasteiger partial charge on any atom is -0.364 e. The molecule has 0 rings (SSSR count). The van der Waals surface area contributed by atoms with Crippen molar-refractivity contribution in [2.24, 2.45) is 0 Å². The van der Waals surface area contributed by atoms with E-state index in [4.69, 9.17) is 14.2 Å². The van der Waals surface area contributed by atoms with Crippen molar-refractivity contribution in [1.29, 1.82) is 0 Å².